The monoisotopic (exact) mass is 185 g/mol. The number of hydrogen-bond acceptors (Lipinski definition) is 2. The molecular formula is C10H19NO2. The number of aliphatic carboxylic acids is 1. The van der Waals surface area contributed by atoms with Crippen molar-refractivity contribution < 1.29 is 9.90 Å². The molecule has 0 aromatic rings. The van der Waals surface area contributed by atoms with E-state index in [0.29, 0.717) is 18.4 Å². The van der Waals surface area contributed by atoms with E-state index >= 15 is 0 Å². The van der Waals surface area contributed by atoms with Gasteiger partial charge in [0.1, 0.15) is 0 Å². The Balaban J connectivity index is 2.75. The van der Waals surface area contributed by atoms with E-state index in [2.05, 4.69) is 13.8 Å². The summed E-state index contributed by atoms with van der Waals surface area (Å²) in [5, 5.41) is 8.82. The Kier molecular flexibility index (Phi) is 2.96. The van der Waals surface area contributed by atoms with Crippen molar-refractivity contribution in [2.45, 2.75) is 33.1 Å². The minimum absolute atomic E-state index is 0.134. The highest BCUT2D eigenvalue weighted by molar-refractivity contribution is 5.67. The summed E-state index contributed by atoms with van der Waals surface area (Å²) in [6.45, 7) is 4.82. The fourth-order valence-corrected chi connectivity index (χ4v) is 2.51. The van der Waals surface area contributed by atoms with Gasteiger partial charge in [0.15, 0.2) is 0 Å². The van der Waals surface area contributed by atoms with Gasteiger partial charge in [0.25, 0.3) is 0 Å². The van der Waals surface area contributed by atoms with Crippen molar-refractivity contribution in [3.05, 3.63) is 0 Å². The molecule has 3 atom stereocenters. The molecule has 3 heteroatoms. The molecule has 76 valence electrons. The van der Waals surface area contributed by atoms with Gasteiger partial charge in [-0.1, -0.05) is 13.8 Å². The highest BCUT2D eigenvalue weighted by atomic mass is 16.4. The summed E-state index contributed by atoms with van der Waals surface area (Å²) in [5.41, 5.74) is 5.57. The minimum Gasteiger partial charge on any atom is -0.481 e. The van der Waals surface area contributed by atoms with Gasteiger partial charge in [0.2, 0.25) is 0 Å². The molecule has 3 N–H and O–H groups in total. The van der Waals surface area contributed by atoms with Crippen LogP contribution in [0.2, 0.25) is 0 Å². The lowest BCUT2D eigenvalue weighted by molar-refractivity contribution is -0.140. The standard InChI is InChI=1S/C10H19NO2/c1-7-3-4-10(6-11,8(7)2)5-9(12)13/h7-8H,3-6,11H2,1-2H3,(H,12,13)/t7-,8-,10?/m1/s1. The smallest absolute Gasteiger partial charge is 0.303 e. The van der Waals surface area contributed by atoms with E-state index < -0.39 is 5.97 Å². The molecule has 0 bridgehead atoms. The van der Waals surface area contributed by atoms with Crippen LogP contribution in [-0.4, -0.2) is 17.6 Å². The second kappa shape index (κ2) is 3.66. The van der Waals surface area contributed by atoms with Crippen molar-refractivity contribution in [1.29, 1.82) is 0 Å². The molecule has 13 heavy (non-hydrogen) atoms. The van der Waals surface area contributed by atoms with Crippen molar-refractivity contribution >= 4 is 5.97 Å². The first-order valence-corrected chi connectivity index (χ1v) is 4.94. The summed E-state index contributed by atoms with van der Waals surface area (Å²) in [5.74, 6) is 0.336. The third kappa shape index (κ3) is 1.85. The van der Waals surface area contributed by atoms with Gasteiger partial charge in [-0.25, -0.2) is 0 Å². The molecule has 1 unspecified atom stereocenters. The van der Waals surface area contributed by atoms with E-state index in [0.717, 1.165) is 12.8 Å². The van der Waals surface area contributed by atoms with Crippen LogP contribution in [0, 0.1) is 17.3 Å². The summed E-state index contributed by atoms with van der Waals surface area (Å²) >= 11 is 0. The quantitative estimate of drug-likeness (QED) is 0.700. The predicted molar refractivity (Wildman–Crippen MR) is 51.3 cm³/mol. The average molecular weight is 185 g/mol. The fraction of sp³-hybridized carbons (Fsp3) is 0.900. The summed E-state index contributed by atoms with van der Waals surface area (Å²) in [4.78, 5) is 10.7. The number of carbonyl (C=O) groups is 1. The summed E-state index contributed by atoms with van der Waals surface area (Å²) in [7, 11) is 0. The Morgan fingerprint density at radius 2 is 2.23 bits per heavy atom. The molecule has 3 nitrogen and oxygen atoms in total. The number of nitrogens with two attached hydrogens (primary N) is 1. The first kappa shape index (κ1) is 10.5. The van der Waals surface area contributed by atoms with Crippen LogP contribution in [0.15, 0.2) is 0 Å². The Morgan fingerprint density at radius 1 is 1.62 bits per heavy atom. The van der Waals surface area contributed by atoms with Crippen LogP contribution in [-0.2, 0) is 4.79 Å². The molecule has 1 aliphatic carbocycles. The molecule has 0 saturated heterocycles. The molecule has 1 saturated carbocycles. The van der Waals surface area contributed by atoms with Crippen molar-refractivity contribution in [3.8, 4) is 0 Å². The van der Waals surface area contributed by atoms with Crippen LogP contribution < -0.4 is 5.73 Å². The topological polar surface area (TPSA) is 63.3 Å². The van der Waals surface area contributed by atoms with E-state index in [1.54, 1.807) is 0 Å². The second-order valence-electron chi connectivity index (χ2n) is 4.44. The molecule has 0 spiro atoms. The molecule has 0 radical (unpaired) electrons. The lowest BCUT2D eigenvalue weighted by Gasteiger charge is -2.32. The normalized spacial score (nSPS) is 39.3. The van der Waals surface area contributed by atoms with Gasteiger partial charge in [-0.05, 0) is 36.6 Å². The van der Waals surface area contributed by atoms with Crippen LogP contribution in [0.5, 0.6) is 0 Å². The van der Waals surface area contributed by atoms with Gasteiger partial charge in [-0.2, -0.15) is 0 Å². The van der Waals surface area contributed by atoms with Gasteiger partial charge in [0.05, 0.1) is 6.42 Å². The highest BCUT2D eigenvalue weighted by Gasteiger charge is 2.44. The van der Waals surface area contributed by atoms with E-state index in [9.17, 15) is 4.79 Å². The molecule has 0 heterocycles. The SMILES string of the molecule is C[C@@H]1CCC(CN)(CC(=O)O)[C@@H]1C. The van der Waals surface area contributed by atoms with E-state index in [-0.39, 0.29) is 11.8 Å². The van der Waals surface area contributed by atoms with Crippen LogP contribution >= 0.6 is 0 Å². The molecular weight excluding hydrogens is 166 g/mol. The molecule has 0 amide bonds. The van der Waals surface area contributed by atoms with E-state index in [1.165, 1.54) is 0 Å². The zero-order valence-corrected chi connectivity index (χ0v) is 8.42. The summed E-state index contributed by atoms with van der Waals surface area (Å²) < 4.78 is 0. The van der Waals surface area contributed by atoms with E-state index in [1.807, 2.05) is 0 Å². The first-order chi connectivity index (χ1) is 6.02. The fourth-order valence-electron chi connectivity index (χ4n) is 2.51. The zero-order valence-electron chi connectivity index (χ0n) is 8.42. The van der Waals surface area contributed by atoms with Gasteiger partial charge in [-0.3, -0.25) is 4.79 Å². The first-order valence-electron chi connectivity index (χ1n) is 4.94. The molecule has 0 aromatic carbocycles. The maximum absolute atomic E-state index is 10.7. The van der Waals surface area contributed by atoms with Gasteiger partial charge >= 0.3 is 5.97 Å². The number of hydrogen-bond donors (Lipinski definition) is 2. The van der Waals surface area contributed by atoms with Crippen LogP contribution in [0.25, 0.3) is 0 Å². The van der Waals surface area contributed by atoms with Gasteiger partial charge < -0.3 is 10.8 Å². The maximum atomic E-state index is 10.7. The number of rotatable bonds is 3. The lowest BCUT2D eigenvalue weighted by atomic mass is 9.74. The van der Waals surface area contributed by atoms with Crippen LogP contribution in [0.1, 0.15) is 33.1 Å². The largest absolute Gasteiger partial charge is 0.481 e. The highest BCUT2D eigenvalue weighted by Crippen LogP contribution is 2.48. The van der Waals surface area contributed by atoms with Crippen LogP contribution in [0.4, 0.5) is 0 Å². The molecule has 1 fully saturated rings. The van der Waals surface area contributed by atoms with Gasteiger partial charge in [-0.15, -0.1) is 0 Å². The minimum atomic E-state index is -0.716. The third-order valence-corrected chi connectivity index (χ3v) is 3.83. The third-order valence-electron chi connectivity index (χ3n) is 3.83. The summed E-state index contributed by atoms with van der Waals surface area (Å²) in [6, 6.07) is 0. The molecule has 1 rings (SSSR count). The maximum Gasteiger partial charge on any atom is 0.303 e. The predicted octanol–water partition coefficient (Wildman–Crippen LogP) is 1.47. The summed E-state index contributed by atoms with van der Waals surface area (Å²) in [6.07, 6.45) is 2.32. The molecule has 1 aliphatic rings. The Bertz CT molecular complexity index is 205. The molecule has 0 aromatic heterocycles. The van der Waals surface area contributed by atoms with Gasteiger partial charge in [0, 0.05) is 0 Å². The second-order valence-corrected chi connectivity index (χ2v) is 4.44. The van der Waals surface area contributed by atoms with Crippen molar-refractivity contribution in [2.75, 3.05) is 6.54 Å². The zero-order chi connectivity index (χ0) is 10.1. The average Bonchev–Trinajstić information content (AvgIpc) is 2.33. The van der Waals surface area contributed by atoms with Crippen molar-refractivity contribution in [3.63, 3.8) is 0 Å². The van der Waals surface area contributed by atoms with Crippen molar-refractivity contribution in [1.82, 2.24) is 0 Å². The van der Waals surface area contributed by atoms with Crippen molar-refractivity contribution in [2.24, 2.45) is 23.0 Å². The van der Waals surface area contributed by atoms with E-state index in [4.69, 9.17) is 10.8 Å². The Morgan fingerprint density at radius 3 is 2.54 bits per heavy atom. The lowest BCUT2D eigenvalue weighted by Crippen LogP contribution is -2.36. The Hall–Kier alpha value is -0.570. The Labute approximate surface area is 79.3 Å². The number of carboxylic acids is 1. The molecule has 0 aliphatic heterocycles. The number of carboxylic acid groups (broad SMARTS) is 1. The van der Waals surface area contributed by atoms with Crippen LogP contribution in [0.3, 0.4) is 0 Å².